The molecular weight excluding hydrogens is 380 g/mol. The Labute approximate surface area is 167 Å². The van der Waals surface area contributed by atoms with Gasteiger partial charge < -0.3 is 23.5 Å². The molecule has 3 aromatic rings. The Bertz CT molecular complexity index is 865. The van der Waals surface area contributed by atoms with Crippen LogP contribution in [0.4, 0.5) is 0 Å². The fraction of sp³-hybridized carbons (Fsp3) is 0.300. The van der Waals surface area contributed by atoms with Crippen molar-refractivity contribution in [2.24, 2.45) is 0 Å². The average molecular weight is 402 g/mol. The first-order valence-electron chi connectivity index (χ1n) is 8.69. The van der Waals surface area contributed by atoms with Crippen molar-refractivity contribution in [3.8, 4) is 11.5 Å². The highest BCUT2D eigenvalue weighted by atomic mass is 32.1. The van der Waals surface area contributed by atoms with Crippen molar-refractivity contribution in [1.29, 1.82) is 0 Å². The van der Waals surface area contributed by atoms with Gasteiger partial charge in [-0.05, 0) is 30.3 Å². The maximum Gasteiger partial charge on any atom is 0.254 e. The van der Waals surface area contributed by atoms with Gasteiger partial charge in [0.1, 0.15) is 12.4 Å². The highest BCUT2D eigenvalue weighted by Crippen LogP contribution is 2.29. The van der Waals surface area contributed by atoms with Crippen molar-refractivity contribution in [3.63, 3.8) is 0 Å². The van der Waals surface area contributed by atoms with Gasteiger partial charge in [0, 0.05) is 24.6 Å². The quantitative estimate of drug-likeness (QED) is 0.516. The number of methoxy groups -OCH3 is 2. The molecule has 0 N–H and O–H groups in total. The van der Waals surface area contributed by atoms with Crippen LogP contribution in [0.25, 0.3) is 0 Å². The summed E-state index contributed by atoms with van der Waals surface area (Å²) in [6.07, 6.45) is 1.59. The van der Waals surface area contributed by atoms with Crippen molar-refractivity contribution in [2.75, 3.05) is 27.4 Å². The van der Waals surface area contributed by atoms with Gasteiger partial charge in [-0.3, -0.25) is 4.79 Å². The van der Waals surface area contributed by atoms with Crippen molar-refractivity contribution < 1.29 is 23.4 Å². The Kier molecular flexibility index (Phi) is 7.05. The largest absolute Gasteiger partial charge is 0.493 e. The molecule has 0 aliphatic rings. The molecule has 0 saturated carbocycles. The Morgan fingerprint density at radius 2 is 2.14 bits per heavy atom. The lowest BCUT2D eigenvalue weighted by atomic mass is 10.1. The third-order valence-electron chi connectivity index (χ3n) is 4.05. The first-order valence-corrected chi connectivity index (χ1v) is 9.64. The smallest absolute Gasteiger partial charge is 0.254 e. The monoisotopic (exact) mass is 402 g/mol. The van der Waals surface area contributed by atoms with Crippen molar-refractivity contribution >= 4 is 17.2 Å². The number of carbonyl (C=O) groups is 1. The minimum atomic E-state index is -0.141. The van der Waals surface area contributed by atoms with E-state index in [0.717, 1.165) is 5.69 Å². The molecule has 0 atom stereocenters. The Balaban J connectivity index is 1.74. The Morgan fingerprint density at radius 3 is 2.82 bits per heavy atom. The van der Waals surface area contributed by atoms with Gasteiger partial charge in [-0.25, -0.2) is 4.98 Å². The molecule has 2 aromatic heterocycles. The van der Waals surface area contributed by atoms with E-state index in [2.05, 4.69) is 4.98 Å². The number of hydrogen-bond acceptors (Lipinski definition) is 7. The van der Waals surface area contributed by atoms with Crippen LogP contribution in [-0.2, 0) is 17.9 Å². The molecule has 0 aliphatic carbocycles. The third-order valence-corrected chi connectivity index (χ3v) is 4.68. The average Bonchev–Trinajstić information content (AvgIpc) is 3.43. The Hall–Kier alpha value is -2.84. The number of amides is 1. The molecule has 0 bridgehead atoms. The van der Waals surface area contributed by atoms with Crippen LogP contribution in [0.5, 0.6) is 11.5 Å². The van der Waals surface area contributed by atoms with E-state index in [1.807, 2.05) is 11.4 Å². The number of ether oxygens (including phenoxy) is 3. The van der Waals surface area contributed by atoms with Crippen molar-refractivity contribution in [1.82, 2.24) is 9.88 Å². The summed E-state index contributed by atoms with van der Waals surface area (Å²) >= 11 is 1.51. The maximum absolute atomic E-state index is 13.0. The second-order valence-corrected chi connectivity index (χ2v) is 6.65. The summed E-state index contributed by atoms with van der Waals surface area (Å²) in [5, 5.41) is 1.92. The summed E-state index contributed by atoms with van der Waals surface area (Å²) in [5.74, 6) is 1.62. The molecule has 8 heteroatoms. The van der Waals surface area contributed by atoms with Gasteiger partial charge in [0.2, 0.25) is 0 Å². The van der Waals surface area contributed by atoms with Gasteiger partial charge in [0.25, 0.3) is 5.91 Å². The van der Waals surface area contributed by atoms with Crippen LogP contribution in [0, 0.1) is 0 Å². The summed E-state index contributed by atoms with van der Waals surface area (Å²) in [6, 6.07) is 8.78. The van der Waals surface area contributed by atoms with Crippen molar-refractivity contribution in [2.45, 2.75) is 13.2 Å². The van der Waals surface area contributed by atoms with E-state index < -0.39 is 0 Å². The summed E-state index contributed by atoms with van der Waals surface area (Å²) in [5.41, 5.74) is 3.10. The number of furan rings is 1. The first-order chi connectivity index (χ1) is 13.7. The number of hydrogen-bond donors (Lipinski definition) is 0. The Morgan fingerprint density at radius 1 is 1.25 bits per heavy atom. The van der Waals surface area contributed by atoms with Gasteiger partial charge in [-0.2, -0.15) is 0 Å². The van der Waals surface area contributed by atoms with Crippen LogP contribution < -0.4 is 9.47 Å². The lowest BCUT2D eigenvalue weighted by Gasteiger charge is -2.22. The van der Waals surface area contributed by atoms with E-state index in [0.29, 0.717) is 49.1 Å². The molecule has 0 radical (unpaired) electrons. The van der Waals surface area contributed by atoms with Crippen LogP contribution in [0.1, 0.15) is 21.8 Å². The number of rotatable bonds is 10. The minimum absolute atomic E-state index is 0.141. The summed E-state index contributed by atoms with van der Waals surface area (Å²) in [4.78, 5) is 18.9. The van der Waals surface area contributed by atoms with Crippen LogP contribution in [0.2, 0.25) is 0 Å². The highest BCUT2D eigenvalue weighted by Gasteiger charge is 2.19. The van der Waals surface area contributed by atoms with E-state index in [9.17, 15) is 4.79 Å². The molecule has 0 fully saturated rings. The maximum atomic E-state index is 13.0. The van der Waals surface area contributed by atoms with Gasteiger partial charge in [-0.15, -0.1) is 11.3 Å². The molecule has 0 unspecified atom stereocenters. The summed E-state index contributed by atoms with van der Waals surface area (Å²) in [6.45, 7) is 1.57. The minimum Gasteiger partial charge on any atom is -0.493 e. The lowest BCUT2D eigenvalue weighted by molar-refractivity contribution is 0.0666. The third kappa shape index (κ3) is 5.11. The van der Waals surface area contributed by atoms with Crippen LogP contribution in [-0.4, -0.2) is 43.2 Å². The van der Waals surface area contributed by atoms with Crippen LogP contribution in [0.15, 0.2) is 51.9 Å². The molecular formula is C20H22N2O5S. The summed E-state index contributed by atoms with van der Waals surface area (Å²) in [7, 11) is 3.15. The number of carbonyl (C=O) groups excluding carboxylic acids is 1. The zero-order valence-electron chi connectivity index (χ0n) is 15.8. The second kappa shape index (κ2) is 9.91. The second-order valence-electron chi connectivity index (χ2n) is 5.93. The standard InChI is InChI=1S/C20H22N2O5S/c1-24-9-7-22(11-17-4-3-8-26-17)20(23)15-5-6-18(19(10-15)25-2)27-12-16-13-28-14-21-16/h3-6,8,10,13-14H,7,9,11-12H2,1-2H3. The number of benzene rings is 1. The van der Waals surface area contributed by atoms with Crippen LogP contribution >= 0.6 is 11.3 Å². The van der Waals surface area contributed by atoms with Gasteiger partial charge in [-0.1, -0.05) is 0 Å². The summed E-state index contributed by atoms with van der Waals surface area (Å²) < 4.78 is 21.7. The highest BCUT2D eigenvalue weighted by molar-refractivity contribution is 7.07. The molecule has 0 spiro atoms. The molecule has 0 saturated heterocycles. The zero-order chi connectivity index (χ0) is 19.8. The topological polar surface area (TPSA) is 74.0 Å². The predicted octanol–water partition coefficient (Wildman–Crippen LogP) is 3.61. The van der Waals surface area contributed by atoms with Gasteiger partial charge >= 0.3 is 0 Å². The molecule has 2 heterocycles. The molecule has 148 valence electrons. The number of thiazole rings is 1. The van der Waals surface area contributed by atoms with Crippen molar-refractivity contribution in [3.05, 3.63) is 64.5 Å². The van der Waals surface area contributed by atoms with E-state index in [-0.39, 0.29) is 5.91 Å². The molecule has 1 aromatic carbocycles. The lowest BCUT2D eigenvalue weighted by Crippen LogP contribution is -2.33. The first kappa shape index (κ1) is 19.9. The van der Waals surface area contributed by atoms with Crippen LogP contribution in [0.3, 0.4) is 0 Å². The number of aromatic nitrogens is 1. The molecule has 0 aliphatic heterocycles. The molecule has 1 amide bonds. The van der Waals surface area contributed by atoms with E-state index in [4.69, 9.17) is 18.6 Å². The fourth-order valence-corrected chi connectivity index (χ4v) is 3.15. The van der Waals surface area contributed by atoms with E-state index >= 15 is 0 Å². The van der Waals surface area contributed by atoms with E-state index in [1.165, 1.54) is 11.3 Å². The normalized spacial score (nSPS) is 10.6. The molecule has 3 rings (SSSR count). The zero-order valence-corrected chi connectivity index (χ0v) is 16.6. The number of nitrogens with zero attached hydrogens (tertiary/aromatic N) is 2. The SMILES string of the molecule is COCCN(Cc1ccco1)C(=O)c1ccc(OCc2cscn2)c(OC)c1. The van der Waals surface area contributed by atoms with Gasteiger partial charge in [0.15, 0.2) is 11.5 Å². The fourth-order valence-electron chi connectivity index (χ4n) is 2.61. The van der Waals surface area contributed by atoms with Gasteiger partial charge in [0.05, 0.1) is 37.7 Å². The molecule has 28 heavy (non-hydrogen) atoms. The predicted molar refractivity (Wildman–Crippen MR) is 105 cm³/mol. The molecule has 7 nitrogen and oxygen atoms in total. The van der Waals surface area contributed by atoms with E-state index in [1.54, 1.807) is 55.2 Å².